The maximum Gasteiger partial charge on any atom is 0.198 e. The van der Waals surface area contributed by atoms with E-state index in [-0.39, 0.29) is 0 Å². The van der Waals surface area contributed by atoms with Gasteiger partial charge in [0.1, 0.15) is 5.52 Å². The van der Waals surface area contributed by atoms with Crippen molar-refractivity contribution < 1.29 is 9.52 Å². The van der Waals surface area contributed by atoms with Gasteiger partial charge in [-0.2, -0.15) is 5.26 Å². The molecule has 132 valence electrons. The molecule has 1 unspecified atom stereocenters. The molecule has 1 atom stereocenters. The van der Waals surface area contributed by atoms with Gasteiger partial charge in [-0.1, -0.05) is 24.3 Å². The molecule has 0 bridgehead atoms. The Kier molecular flexibility index (Phi) is 4.70. The molecule has 2 heterocycles. The number of aliphatic hydroxyl groups excluding tert-OH is 1. The number of oxazole rings is 1. The number of nitriles is 1. The number of nitrogens with zero attached hydrogens (tertiary/aromatic N) is 3. The van der Waals surface area contributed by atoms with E-state index in [9.17, 15) is 5.11 Å². The molecule has 5 nitrogen and oxygen atoms in total. The predicted octanol–water partition coefficient (Wildman–Crippen LogP) is 3.61. The highest BCUT2D eigenvalue weighted by Crippen LogP contribution is 2.30. The number of hydrogen-bond donors (Lipinski definition) is 1. The van der Waals surface area contributed by atoms with Crippen molar-refractivity contribution in [1.29, 1.82) is 5.26 Å². The van der Waals surface area contributed by atoms with Crippen LogP contribution in [0.1, 0.15) is 41.9 Å². The molecule has 1 fully saturated rings. The summed E-state index contributed by atoms with van der Waals surface area (Å²) in [7, 11) is 0. The van der Waals surface area contributed by atoms with Crippen molar-refractivity contribution in [2.75, 3.05) is 19.6 Å². The number of likely N-dealkylation sites (tertiary alicyclic amines) is 1. The third kappa shape index (κ3) is 3.48. The molecule has 2 aromatic carbocycles. The van der Waals surface area contributed by atoms with Crippen molar-refractivity contribution in [3.8, 4) is 6.07 Å². The predicted molar refractivity (Wildman–Crippen MR) is 98.5 cm³/mol. The number of para-hydroxylation sites is 2. The lowest BCUT2D eigenvalue weighted by atomic mass is 9.96. The fraction of sp³-hybridized carbons (Fsp3) is 0.333. The zero-order chi connectivity index (χ0) is 17.9. The van der Waals surface area contributed by atoms with Crippen molar-refractivity contribution in [1.82, 2.24) is 9.88 Å². The molecule has 1 aliphatic heterocycles. The Balaban J connectivity index is 1.35. The van der Waals surface area contributed by atoms with Crippen molar-refractivity contribution in [3.63, 3.8) is 0 Å². The van der Waals surface area contributed by atoms with Gasteiger partial charge in [0.2, 0.25) is 0 Å². The van der Waals surface area contributed by atoms with Crippen LogP contribution in [0.15, 0.2) is 52.9 Å². The molecule has 0 aliphatic carbocycles. The standard InChI is InChI=1S/C21H21N3O2/c22-13-15-5-7-16(8-6-15)19(25)14-24-11-9-17(10-12-24)21-23-18-3-1-2-4-20(18)26-21/h1-8,17,19,25H,9-12,14H2. The minimum absolute atomic E-state index is 0.339. The molecule has 4 rings (SSSR count). The maximum absolute atomic E-state index is 10.5. The minimum atomic E-state index is -0.538. The fourth-order valence-electron chi connectivity index (χ4n) is 3.56. The molecule has 0 amide bonds. The molecule has 26 heavy (non-hydrogen) atoms. The summed E-state index contributed by atoms with van der Waals surface area (Å²) >= 11 is 0. The van der Waals surface area contributed by atoms with Crippen LogP contribution in [-0.2, 0) is 0 Å². The van der Waals surface area contributed by atoms with Gasteiger partial charge in [-0.25, -0.2) is 4.98 Å². The van der Waals surface area contributed by atoms with Gasteiger partial charge in [-0.15, -0.1) is 0 Å². The monoisotopic (exact) mass is 347 g/mol. The quantitative estimate of drug-likeness (QED) is 0.780. The minimum Gasteiger partial charge on any atom is -0.440 e. The SMILES string of the molecule is N#Cc1ccc(C(O)CN2CCC(c3nc4ccccc4o3)CC2)cc1. The van der Waals surface area contributed by atoms with Crippen molar-refractivity contribution in [2.24, 2.45) is 0 Å². The van der Waals surface area contributed by atoms with Crippen LogP contribution < -0.4 is 0 Å². The zero-order valence-electron chi connectivity index (χ0n) is 14.5. The van der Waals surface area contributed by atoms with Crippen LogP contribution in [0.3, 0.4) is 0 Å². The van der Waals surface area contributed by atoms with Crippen LogP contribution in [0, 0.1) is 11.3 Å². The van der Waals surface area contributed by atoms with Gasteiger partial charge in [-0.05, 0) is 55.8 Å². The Bertz CT molecular complexity index is 885. The first kappa shape index (κ1) is 16.8. The van der Waals surface area contributed by atoms with Crippen LogP contribution in [0.25, 0.3) is 11.1 Å². The highest BCUT2D eigenvalue weighted by atomic mass is 16.3. The summed E-state index contributed by atoms with van der Waals surface area (Å²) in [4.78, 5) is 6.91. The average Bonchev–Trinajstić information content (AvgIpc) is 3.13. The first-order chi connectivity index (χ1) is 12.7. The number of β-amino-alcohol motifs (C(OH)–C–C–N with tert-alkyl or cyclic N) is 1. The van der Waals surface area contributed by atoms with E-state index < -0.39 is 6.10 Å². The van der Waals surface area contributed by atoms with Crippen molar-refractivity contribution >= 4 is 11.1 Å². The van der Waals surface area contributed by atoms with Gasteiger partial charge in [0, 0.05) is 12.5 Å². The van der Waals surface area contributed by atoms with E-state index in [4.69, 9.17) is 9.68 Å². The van der Waals surface area contributed by atoms with Gasteiger partial charge in [0.15, 0.2) is 11.5 Å². The molecule has 0 spiro atoms. The highest BCUT2D eigenvalue weighted by Gasteiger charge is 2.26. The van der Waals surface area contributed by atoms with Gasteiger partial charge in [-0.3, -0.25) is 0 Å². The third-order valence-electron chi connectivity index (χ3n) is 5.10. The number of piperidine rings is 1. The second-order valence-electron chi connectivity index (χ2n) is 6.84. The summed E-state index contributed by atoms with van der Waals surface area (Å²) in [6.45, 7) is 2.43. The normalized spacial score (nSPS) is 17.2. The Morgan fingerprint density at radius 1 is 1.15 bits per heavy atom. The Morgan fingerprint density at radius 2 is 1.88 bits per heavy atom. The molecule has 5 heteroatoms. The molecule has 1 aromatic heterocycles. The summed E-state index contributed by atoms with van der Waals surface area (Å²) < 4.78 is 5.91. The van der Waals surface area contributed by atoms with Crippen molar-refractivity contribution in [3.05, 3.63) is 65.5 Å². The molecule has 1 aliphatic rings. The molecular weight excluding hydrogens is 326 g/mol. The van der Waals surface area contributed by atoms with E-state index in [2.05, 4.69) is 16.0 Å². The number of rotatable bonds is 4. The second-order valence-corrected chi connectivity index (χ2v) is 6.84. The van der Waals surface area contributed by atoms with E-state index >= 15 is 0 Å². The summed E-state index contributed by atoms with van der Waals surface area (Å²) in [6, 6.07) is 17.1. The van der Waals surface area contributed by atoms with E-state index in [0.717, 1.165) is 48.5 Å². The first-order valence-electron chi connectivity index (χ1n) is 8.99. The van der Waals surface area contributed by atoms with E-state index in [1.54, 1.807) is 12.1 Å². The number of hydrogen-bond acceptors (Lipinski definition) is 5. The Labute approximate surface area is 152 Å². The average molecular weight is 347 g/mol. The Hall–Kier alpha value is -2.68. The summed E-state index contributed by atoms with van der Waals surface area (Å²) in [6.07, 6.45) is 1.42. The smallest absolute Gasteiger partial charge is 0.198 e. The number of aliphatic hydroxyl groups is 1. The molecule has 0 radical (unpaired) electrons. The van der Waals surface area contributed by atoms with E-state index in [1.165, 1.54) is 0 Å². The van der Waals surface area contributed by atoms with E-state index in [1.807, 2.05) is 36.4 Å². The van der Waals surface area contributed by atoms with Crippen LogP contribution in [0.2, 0.25) is 0 Å². The van der Waals surface area contributed by atoms with Gasteiger partial charge < -0.3 is 14.4 Å². The highest BCUT2D eigenvalue weighted by molar-refractivity contribution is 5.72. The topological polar surface area (TPSA) is 73.3 Å². The lowest BCUT2D eigenvalue weighted by molar-refractivity contribution is 0.0951. The molecule has 0 saturated carbocycles. The Morgan fingerprint density at radius 3 is 2.58 bits per heavy atom. The second kappa shape index (κ2) is 7.28. The van der Waals surface area contributed by atoms with Crippen LogP contribution in [0.4, 0.5) is 0 Å². The van der Waals surface area contributed by atoms with Crippen LogP contribution in [0.5, 0.6) is 0 Å². The number of fused-ring (bicyclic) bond motifs is 1. The molecule has 3 aromatic rings. The summed E-state index contributed by atoms with van der Waals surface area (Å²) in [5, 5.41) is 19.3. The van der Waals surface area contributed by atoms with Gasteiger partial charge in [0.25, 0.3) is 0 Å². The maximum atomic E-state index is 10.5. The number of aromatic nitrogens is 1. The molecule has 1 N–H and O–H groups in total. The lowest BCUT2D eigenvalue weighted by Gasteiger charge is -2.32. The number of benzene rings is 2. The molecule has 1 saturated heterocycles. The van der Waals surface area contributed by atoms with Crippen LogP contribution >= 0.6 is 0 Å². The van der Waals surface area contributed by atoms with Gasteiger partial charge in [0.05, 0.1) is 17.7 Å². The third-order valence-corrected chi connectivity index (χ3v) is 5.10. The fourth-order valence-corrected chi connectivity index (χ4v) is 3.56. The van der Waals surface area contributed by atoms with Crippen LogP contribution in [-0.4, -0.2) is 34.6 Å². The zero-order valence-corrected chi connectivity index (χ0v) is 14.5. The van der Waals surface area contributed by atoms with Crippen molar-refractivity contribution in [2.45, 2.75) is 24.9 Å². The van der Waals surface area contributed by atoms with E-state index in [0.29, 0.717) is 18.0 Å². The van der Waals surface area contributed by atoms with Gasteiger partial charge >= 0.3 is 0 Å². The summed E-state index contributed by atoms with van der Waals surface area (Å²) in [5.74, 6) is 1.17. The lowest BCUT2D eigenvalue weighted by Crippen LogP contribution is -2.36. The summed E-state index contributed by atoms with van der Waals surface area (Å²) in [5.41, 5.74) is 3.23. The first-order valence-corrected chi connectivity index (χ1v) is 8.99. The molecular formula is C21H21N3O2. The largest absolute Gasteiger partial charge is 0.440 e.